The van der Waals surface area contributed by atoms with E-state index in [1.807, 2.05) is 0 Å². The zero-order valence-corrected chi connectivity index (χ0v) is 12.7. The number of ether oxygens (including phenoxy) is 1. The summed E-state index contributed by atoms with van der Waals surface area (Å²) in [7, 11) is 0. The molecule has 114 valence electrons. The second-order valence-electron chi connectivity index (χ2n) is 5.06. The Morgan fingerprint density at radius 1 is 1.24 bits per heavy atom. The van der Waals surface area contributed by atoms with Crippen molar-refractivity contribution in [2.75, 3.05) is 26.0 Å². The summed E-state index contributed by atoms with van der Waals surface area (Å²) in [5.74, 6) is -1.17. The predicted molar refractivity (Wildman–Crippen MR) is 82.0 cm³/mol. The minimum absolute atomic E-state index is 0.0366. The molecule has 1 saturated heterocycles. The molecule has 1 heterocycles. The fraction of sp³-hybridized carbons (Fsp3) is 0.467. The molecular weight excluding hydrogens is 290 g/mol. The number of thioether (sulfide) groups is 1. The first kappa shape index (κ1) is 15.9. The average Bonchev–Trinajstić information content (AvgIpc) is 2.53. The van der Waals surface area contributed by atoms with Crippen LogP contribution in [0, 0.1) is 0 Å². The predicted octanol–water partition coefficient (Wildman–Crippen LogP) is 2.03. The van der Waals surface area contributed by atoms with Crippen LogP contribution in [-0.4, -0.2) is 47.7 Å². The van der Waals surface area contributed by atoms with E-state index in [1.165, 1.54) is 24.3 Å². The summed E-state index contributed by atoms with van der Waals surface area (Å²) >= 11 is 1.76. The van der Waals surface area contributed by atoms with E-state index >= 15 is 0 Å². The number of hydrogen-bond acceptors (Lipinski definition) is 4. The SMILES string of the molecule is CSC1(CNC(=O)c2ccc(C(=O)O)cc2)CCOCC1. The van der Waals surface area contributed by atoms with Crippen LogP contribution in [0.4, 0.5) is 0 Å². The van der Waals surface area contributed by atoms with Gasteiger partial charge in [-0.1, -0.05) is 0 Å². The molecule has 1 aliphatic rings. The van der Waals surface area contributed by atoms with Crippen LogP contribution in [0.1, 0.15) is 33.6 Å². The van der Waals surface area contributed by atoms with Gasteiger partial charge in [0, 0.05) is 30.1 Å². The second-order valence-corrected chi connectivity index (χ2v) is 6.34. The van der Waals surface area contributed by atoms with E-state index in [1.54, 1.807) is 11.8 Å². The number of aromatic carboxylic acids is 1. The van der Waals surface area contributed by atoms with Crippen molar-refractivity contribution in [3.05, 3.63) is 35.4 Å². The standard InChI is InChI=1S/C15H19NO4S/c1-21-15(6-8-20-9-7-15)10-16-13(17)11-2-4-12(5-3-11)14(18)19/h2-5H,6-10H2,1H3,(H,16,17)(H,18,19). The Kier molecular flexibility index (Phi) is 5.25. The first-order chi connectivity index (χ1) is 10.1. The number of carboxylic acids is 1. The van der Waals surface area contributed by atoms with Gasteiger partial charge in [-0.2, -0.15) is 11.8 Å². The van der Waals surface area contributed by atoms with Crippen LogP contribution < -0.4 is 5.32 Å². The van der Waals surface area contributed by atoms with Gasteiger partial charge in [0.15, 0.2) is 0 Å². The lowest BCUT2D eigenvalue weighted by atomic mass is 9.99. The van der Waals surface area contributed by atoms with Gasteiger partial charge in [-0.3, -0.25) is 4.79 Å². The number of carbonyl (C=O) groups excluding carboxylic acids is 1. The number of benzene rings is 1. The molecule has 0 aliphatic carbocycles. The highest BCUT2D eigenvalue weighted by molar-refractivity contribution is 8.00. The maximum absolute atomic E-state index is 12.1. The van der Waals surface area contributed by atoms with Crippen LogP contribution in [0.15, 0.2) is 24.3 Å². The fourth-order valence-electron chi connectivity index (χ4n) is 2.30. The molecule has 1 aliphatic heterocycles. The van der Waals surface area contributed by atoms with Crippen molar-refractivity contribution in [2.24, 2.45) is 0 Å². The molecule has 1 amide bonds. The summed E-state index contributed by atoms with van der Waals surface area (Å²) in [5, 5.41) is 11.8. The average molecular weight is 309 g/mol. The first-order valence-corrected chi connectivity index (χ1v) is 8.03. The summed E-state index contributed by atoms with van der Waals surface area (Å²) in [6.45, 7) is 2.05. The molecule has 2 N–H and O–H groups in total. The molecule has 0 aromatic heterocycles. The first-order valence-electron chi connectivity index (χ1n) is 6.81. The van der Waals surface area contributed by atoms with Gasteiger partial charge in [-0.15, -0.1) is 0 Å². The van der Waals surface area contributed by atoms with Gasteiger partial charge in [-0.25, -0.2) is 4.79 Å². The number of amides is 1. The van der Waals surface area contributed by atoms with E-state index in [-0.39, 0.29) is 16.2 Å². The largest absolute Gasteiger partial charge is 0.478 e. The van der Waals surface area contributed by atoms with Crippen LogP contribution in [0.5, 0.6) is 0 Å². The van der Waals surface area contributed by atoms with E-state index in [4.69, 9.17) is 9.84 Å². The zero-order chi connectivity index (χ0) is 15.3. The van der Waals surface area contributed by atoms with Gasteiger partial charge >= 0.3 is 5.97 Å². The Hall–Kier alpha value is -1.53. The Bertz CT molecular complexity index is 509. The molecule has 0 unspecified atom stereocenters. The second kappa shape index (κ2) is 6.95. The van der Waals surface area contributed by atoms with Crippen LogP contribution in [0.3, 0.4) is 0 Å². The number of hydrogen-bond donors (Lipinski definition) is 2. The molecular formula is C15H19NO4S. The third-order valence-electron chi connectivity index (χ3n) is 3.80. The zero-order valence-electron chi connectivity index (χ0n) is 11.9. The quantitative estimate of drug-likeness (QED) is 0.870. The highest BCUT2D eigenvalue weighted by Gasteiger charge is 2.32. The molecule has 1 aromatic rings. The van der Waals surface area contributed by atoms with E-state index in [0.717, 1.165) is 26.1 Å². The Morgan fingerprint density at radius 3 is 2.33 bits per heavy atom. The van der Waals surface area contributed by atoms with E-state index < -0.39 is 5.97 Å². The van der Waals surface area contributed by atoms with Crippen molar-refractivity contribution in [2.45, 2.75) is 17.6 Å². The van der Waals surface area contributed by atoms with Gasteiger partial charge in [-0.05, 0) is 43.4 Å². The third-order valence-corrected chi connectivity index (χ3v) is 5.22. The normalized spacial score (nSPS) is 17.2. The number of carboxylic acid groups (broad SMARTS) is 1. The van der Waals surface area contributed by atoms with Crippen molar-refractivity contribution >= 4 is 23.6 Å². The van der Waals surface area contributed by atoms with Crippen molar-refractivity contribution in [3.8, 4) is 0 Å². The van der Waals surface area contributed by atoms with E-state index in [0.29, 0.717) is 12.1 Å². The summed E-state index contributed by atoms with van der Waals surface area (Å²) in [6, 6.07) is 5.95. The maximum Gasteiger partial charge on any atom is 0.335 e. The van der Waals surface area contributed by atoms with Crippen LogP contribution >= 0.6 is 11.8 Å². The molecule has 6 heteroatoms. The highest BCUT2D eigenvalue weighted by atomic mass is 32.2. The van der Waals surface area contributed by atoms with Gasteiger partial charge < -0.3 is 15.2 Å². The number of carbonyl (C=O) groups is 2. The minimum atomic E-state index is -0.995. The van der Waals surface area contributed by atoms with Gasteiger partial charge in [0.2, 0.25) is 0 Å². The summed E-state index contributed by atoms with van der Waals surface area (Å²) in [4.78, 5) is 22.9. The molecule has 0 atom stereocenters. The molecule has 21 heavy (non-hydrogen) atoms. The van der Waals surface area contributed by atoms with Crippen LogP contribution in [0.2, 0.25) is 0 Å². The molecule has 0 spiro atoms. The molecule has 0 radical (unpaired) electrons. The highest BCUT2D eigenvalue weighted by Crippen LogP contribution is 2.33. The van der Waals surface area contributed by atoms with Crippen LogP contribution in [-0.2, 0) is 4.74 Å². The molecule has 1 fully saturated rings. The molecule has 1 aromatic carbocycles. The molecule has 2 rings (SSSR count). The Balaban J connectivity index is 1.96. The molecule has 0 saturated carbocycles. The number of rotatable bonds is 5. The van der Waals surface area contributed by atoms with Crippen molar-refractivity contribution in [1.82, 2.24) is 5.32 Å². The van der Waals surface area contributed by atoms with Crippen molar-refractivity contribution in [3.63, 3.8) is 0 Å². The summed E-state index contributed by atoms with van der Waals surface area (Å²) < 4.78 is 5.41. The van der Waals surface area contributed by atoms with E-state index in [9.17, 15) is 9.59 Å². The maximum atomic E-state index is 12.1. The van der Waals surface area contributed by atoms with Gasteiger partial charge in [0.1, 0.15) is 0 Å². The molecule has 5 nitrogen and oxygen atoms in total. The van der Waals surface area contributed by atoms with Crippen LogP contribution in [0.25, 0.3) is 0 Å². The Labute approximate surface area is 128 Å². The fourth-order valence-corrected chi connectivity index (χ4v) is 3.10. The van der Waals surface area contributed by atoms with Crippen molar-refractivity contribution < 1.29 is 19.4 Å². The topological polar surface area (TPSA) is 75.6 Å². The lowest BCUT2D eigenvalue weighted by Gasteiger charge is -2.35. The van der Waals surface area contributed by atoms with Crippen molar-refractivity contribution in [1.29, 1.82) is 0 Å². The molecule has 0 bridgehead atoms. The summed E-state index contributed by atoms with van der Waals surface area (Å²) in [5.41, 5.74) is 0.653. The lowest BCUT2D eigenvalue weighted by Crippen LogP contribution is -2.44. The third kappa shape index (κ3) is 3.98. The monoisotopic (exact) mass is 309 g/mol. The Morgan fingerprint density at radius 2 is 1.81 bits per heavy atom. The minimum Gasteiger partial charge on any atom is -0.478 e. The number of nitrogens with one attached hydrogen (secondary N) is 1. The smallest absolute Gasteiger partial charge is 0.335 e. The van der Waals surface area contributed by atoms with Gasteiger partial charge in [0.25, 0.3) is 5.91 Å². The van der Waals surface area contributed by atoms with Gasteiger partial charge in [0.05, 0.1) is 5.56 Å². The summed E-state index contributed by atoms with van der Waals surface area (Å²) in [6.07, 6.45) is 3.90. The lowest BCUT2D eigenvalue weighted by molar-refractivity contribution is 0.0696. The van der Waals surface area contributed by atoms with E-state index in [2.05, 4.69) is 11.6 Å².